The van der Waals surface area contributed by atoms with Gasteiger partial charge < -0.3 is 5.11 Å². The molecule has 0 heterocycles. The van der Waals surface area contributed by atoms with E-state index < -0.39 is 5.97 Å². The Morgan fingerprint density at radius 2 is 1.89 bits per heavy atom. The number of carboxylic acids is 1. The molecule has 19 heavy (non-hydrogen) atoms. The van der Waals surface area contributed by atoms with Gasteiger partial charge in [-0.15, -0.1) is 0 Å². The number of carboxylic acid groups (broad SMARTS) is 1. The molecule has 0 aliphatic heterocycles. The molecule has 1 aliphatic rings. The van der Waals surface area contributed by atoms with Crippen molar-refractivity contribution in [2.24, 2.45) is 5.92 Å². The number of thioether (sulfide) groups is 1. The van der Waals surface area contributed by atoms with Gasteiger partial charge in [0.1, 0.15) is 0 Å². The number of benzene rings is 1. The minimum Gasteiger partial charge on any atom is -0.481 e. The lowest BCUT2D eigenvalue weighted by atomic mass is 10.0. The number of hydrogen-bond acceptors (Lipinski definition) is 2. The monoisotopic (exact) mass is 278 g/mol. The maximum atomic E-state index is 11.4. The number of rotatable bonds is 6. The van der Waals surface area contributed by atoms with Gasteiger partial charge in [0, 0.05) is 11.0 Å². The van der Waals surface area contributed by atoms with E-state index in [1.165, 1.54) is 32.1 Å². The third-order valence-corrected chi connectivity index (χ3v) is 5.30. The molecule has 1 unspecified atom stereocenters. The van der Waals surface area contributed by atoms with Crippen LogP contribution in [0.4, 0.5) is 0 Å². The van der Waals surface area contributed by atoms with Crippen LogP contribution >= 0.6 is 11.8 Å². The van der Waals surface area contributed by atoms with Crippen molar-refractivity contribution in [2.45, 2.75) is 43.8 Å². The van der Waals surface area contributed by atoms with Gasteiger partial charge in [-0.2, -0.15) is 11.8 Å². The first-order valence-electron chi connectivity index (χ1n) is 7.14. The van der Waals surface area contributed by atoms with Gasteiger partial charge in [-0.05, 0) is 24.8 Å². The van der Waals surface area contributed by atoms with Crippen molar-refractivity contribution in [1.29, 1.82) is 0 Å². The van der Waals surface area contributed by atoms with E-state index >= 15 is 0 Å². The first-order chi connectivity index (χ1) is 9.25. The lowest BCUT2D eigenvalue weighted by Crippen LogP contribution is -2.21. The zero-order valence-corrected chi connectivity index (χ0v) is 12.1. The molecule has 1 fully saturated rings. The van der Waals surface area contributed by atoms with Gasteiger partial charge in [0.05, 0.1) is 5.92 Å². The van der Waals surface area contributed by atoms with Crippen molar-refractivity contribution in [3.05, 3.63) is 35.9 Å². The van der Waals surface area contributed by atoms with E-state index in [0.29, 0.717) is 11.7 Å². The second kappa shape index (κ2) is 7.59. The molecule has 1 aliphatic carbocycles. The molecule has 1 atom stereocenters. The number of hydrogen-bond donors (Lipinski definition) is 1. The lowest BCUT2D eigenvalue weighted by Gasteiger charge is -2.22. The van der Waals surface area contributed by atoms with Crippen molar-refractivity contribution in [3.8, 4) is 0 Å². The van der Waals surface area contributed by atoms with Crippen LogP contribution in [0, 0.1) is 5.92 Å². The highest BCUT2D eigenvalue weighted by Crippen LogP contribution is 2.30. The van der Waals surface area contributed by atoms with Crippen LogP contribution in [0.5, 0.6) is 0 Å². The van der Waals surface area contributed by atoms with Gasteiger partial charge in [0.25, 0.3) is 0 Å². The number of carbonyl (C=O) groups is 1. The van der Waals surface area contributed by atoms with Crippen LogP contribution in [0.3, 0.4) is 0 Å². The Morgan fingerprint density at radius 1 is 1.21 bits per heavy atom. The molecule has 1 aromatic rings. The van der Waals surface area contributed by atoms with Crippen molar-refractivity contribution in [3.63, 3.8) is 0 Å². The van der Waals surface area contributed by atoms with Crippen LogP contribution < -0.4 is 0 Å². The Labute approximate surface area is 119 Å². The highest BCUT2D eigenvalue weighted by molar-refractivity contribution is 7.99. The fourth-order valence-electron chi connectivity index (χ4n) is 2.60. The fourth-order valence-corrected chi connectivity index (χ4v) is 4.03. The minimum absolute atomic E-state index is 0.255. The van der Waals surface area contributed by atoms with E-state index in [-0.39, 0.29) is 5.92 Å². The molecule has 0 aromatic heterocycles. The van der Waals surface area contributed by atoms with Crippen LogP contribution in [0.15, 0.2) is 30.3 Å². The summed E-state index contributed by atoms with van der Waals surface area (Å²) in [6.45, 7) is 0. The van der Waals surface area contributed by atoms with Gasteiger partial charge in [-0.1, -0.05) is 49.6 Å². The summed E-state index contributed by atoms with van der Waals surface area (Å²) in [5.41, 5.74) is 1.12. The summed E-state index contributed by atoms with van der Waals surface area (Å²) >= 11 is 1.87. The Kier molecular flexibility index (Phi) is 5.77. The largest absolute Gasteiger partial charge is 0.481 e. The van der Waals surface area contributed by atoms with Crippen LogP contribution in [0.1, 0.15) is 37.7 Å². The third-order valence-electron chi connectivity index (χ3n) is 3.76. The normalized spacial score (nSPS) is 18.1. The zero-order valence-electron chi connectivity index (χ0n) is 11.3. The first-order valence-corrected chi connectivity index (χ1v) is 8.19. The molecule has 104 valence electrons. The molecule has 0 saturated heterocycles. The quantitative estimate of drug-likeness (QED) is 0.854. The molecule has 0 amide bonds. The van der Waals surface area contributed by atoms with Crippen LogP contribution in [0.25, 0.3) is 0 Å². The molecule has 3 heteroatoms. The SMILES string of the molecule is O=C(O)C(CSC1CCCCC1)Cc1ccccc1. The molecule has 1 N–H and O–H groups in total. The second-order valence-electron chi connectivity index (χ2n) is 5.32. The Balaban J connectivity index is 1.84. The molecule has 0 spiro atoms. The summed E-state index contributed by atoms with van der Waals surface area (Å²) in [5, 5.41) is 10.0. The molecule has 1 aromatic carbocycles. The highest BCUT2D eigenvalue weighted by Gasteiger charge is 2.21. The van der Waals surface area contributed by atoms with Gasteiger partial charge in [0.15, 0.2) is 0 Å². The second-order valence-corrected chi connectivity index (χ2v) is 6.65. The fraction of sp³-hybridized carbons (Fsp3) is 0.562. The molecular formula is C16H22O2S. The molecular weight excluding hydrogens is 256 g/mol. The molecule has 1 saturated carbocycles. The van der Waals surface area contributed by atoms with Crippen molar-refractivity contribution in [1.82, 2.24) is 0 Å². The van der Waals surface area contributed by atoms with Crippen molar-refractivity contribution >= 4 is 17.7 Å². The minimum atomic E-state index is -0.660. The maximum Gasteiger partial charge on any atom is 0.307 e. The topological polar surface area (TPSA) is 37.3 Å². The highest BCUT2D eigenvalue weighted by atomic mass is 32.2. The van der Waals surface area contributed by atoms with Crippen molar-refractivity contribution in [2.75, 3.05) is 5.75 Å². The summed E-state index contributed by atoms with van der Waals surface area (Å²) in [5.74, 6) is -0.170. The third kappa shape index (κ3) is 4.90. The molecule has 2 rings (SSSR count). The van der Waals surface area contributed by atoms with Crippen LogP contribution in [-0.4, -0.2) is 22.1 Å². The summed E-state index contributed by atoms with van der Waals surface area (Å²) in [6.07, 6.45) is 7.16. The average molecular weight is 278 g/mol. The average Bonchev–Trinajstić information content (AvgIpc) is 2.45. The summed E-state index contributed by atoms with van der Waals surface area (Å²) in [6, 6.07) is 9.95. The molecule has 0 radical (unpaired) electrons. The molecule has 2 nitrogen and oxygen atoms in total. The molecule has 0 bridgehead atoms. The van der Waals surface area contributed by atoms with E-state index in [9.17, 15) is 9.90 Å². The Morgan fingerprint density at radius 3 is 2.53 bits per heavy atom. The first kappa shape index (κ1) is 14.4. The van der Waals surface area contributed by atoms with Crippen LogP contribution in [-0.2, 0) is 11.2 Å². The standard InChI is InChI=1S/C16H22O2S/c17-16(18)14(11-13-7-3-1-4-8-13)12-19-15-9-5-2-6-10-15/h1,3-4,7-8,14-15H,2,5-6,9-12H2,(H,17,18). The van der Waals surface area contributed by atoms with Gasteiger partial charge in [0.2, 0.25) is 0 Å². The predicted molar refractivity (Wildman–Crippen MR) is 80.6 cm³/mol. The Bertz CT molecular complexity index is 385. The zero-order chi connectivity index (χ0) is 13.5. The van der Waals surface area contributed by atoms with Gasteiger partial charge in [-0.25, -0.2) is 0 Å². The van der Waals surface area contributed by atoms with E-state index in [2.05, 4.69) is 0 Å². The van der Waals surface area contributed by atoms with Gasteiger partial charge >= 0.3 is 5.97 Å². The smallest absolute Gasteiger partial charge is 0.307 e. The van der Waals surface area contributed by atoms with E-state index in [1.807, 2.05) is 42.1 Å². The maximum absolute atomic E-state index is 11.4. The lowest BCUT2D eigenvalue weighted by molar-refractivity contribution is -0.140. The Hall–Kier alpha value is -0.960. The summed E-state index contributed by atoms with van der Waals surface area (Å²) in [4.78, 5) is 11.4. The van der Waals surface area contributed by atoms with Crippen molar-refractivity contribution < 1.29 is 9.90 Å². The van der Waals surface area contributed by atoms with E-state index in [0.717, 1.165) is 11.3 Å². The summed E-state index contributed by atoms with van der Waals surface area (Å²) < 4.78 is 0. The predicted octanol–water partition coefficient (Wildman–Crippen LogP) is 4.00. The van der Waals surface area contributed by atoms with E-state index in [1.54, 1.807) is 0 Å². The number of aliphatic carboxylic acids is 1. The van der Waals surface area contributed by atoms with Crippen LogP contribution in [0.2, 0.25) is 0 Å². The summed E-state index contributed by atoms with van der Waals surface area (Å²) in [7, 11) is 0. The van der Waals surface area contributed by atoms with Gasteiger partial charge in [-0.3, -0.25) is 4.79 Å². The van der Waals surface area contributed by atoms with E-state index in [4.69, 9.17) is 0 Å².